The van der Waals surface area contributed by atoms with Gasteiger partial charge in [0.1, 0.15) is 0 Å². The van der Waals surface area contributed by atoms with Crippen molar-refractivity contribution >= 4 is 45.8 Å². The summed E-state index contributed by atoms with van der Waals surface area (Å²) in [6.07, 6.45) is 10.7. The Morgan fingerprint density at radius 3 is 1.54 bits per heavy atom. The van der Waals surface area contributed by atoms with E-state index in [4.69, 9.17) is 18.9 Å². The minimum Gasteiger partial charge on any atom is -0.379 e. The first-order valence-electron chi connectivity index (χ1n) is 16.5. The van der Waals surface area contributed by atoms with Crippen molar-refractivity contribution in [2.75, 3.05) is 52.9 Å². The fraction of sp³-hybridized carbons (Fsp3) is 0.286. The third-order valence-electron chi connectivity index (χ3n) is 8.04. The molecule has 4 heteroatoms. The summed E-state index contributed by atoms with van der Waals surface area (Å²) in [6, 6.07) is 35.2. The SMILES string of the molecule is CCOCCOCCc1ccc(C=Cc2ccc3cc4ccccc4cc3c2C=Cc2ccc(CCOCCOCC)cc2)cc1. The number of ether oxygens (including phenoxy) is 4. The number of rotatable bonds is 18. The van der Waals surface area contributed by atoms with E-state index in [1.807, 2.05) is 13.8 Å². The van der Waals surface area contributed by atoms with Crippen molar-refractivity contribution in [3.05, 3.63) is 130 Å². The van der Waals surface area contributed by atoms with Crippen LogP contribution < -0.4 is 0 Å². The van der Waals surface area contributed by atoms with Gasteiger partial charge in [0.2, 0.25) is 0 Å². The zero-order valence-corrected chi connectivity index (χ0v) is 27.3. The van der Waals surface area contributed by atoms with Crippen LogP contribution in [0.2, 0.25) is 0 Å². The van der Waals surface area contributed by atoms with Gasteiger partial charge in [-0.05, 0) is 93.7 Å². The lowest BCUT2D eigenvalue weighted by atomic mass is 9.94. The molecule has 0 N–H and O–H groups in total. The fourth-order valence-electron chi connectivity index (χ4n) is 5.45. The van der Waals surface area contributed by atoms with Crippen LogP contribution in [0.15, 0.2) is 97.1 Å². The van der Waals surface area contributed by atoms with Crippen LogP contribution in [-0.2, 0) is 31.8 Å². The molecular weight excluding hydrogens is 568 g/mol. The largest absolute Gasteiger partial charge is 0.379 e. The summed E-state index contributed by atoms with van der Waals surface area (Å²) in [6.45, 7) is 9.45. The first-order valence-corrected chi connectivity index (χ1v) is 16.5. The van der Waals surface area contributed by atoms with Crippen LogP contribution >= 0.6 is 0 Å². The monoisotopic (exact) mass is 614 g/mol. The number of hydrogen-bond donors (Lipinski definition) is 0. The van der Waals surface area contributed by atoms with E-state index in [-0.39, 0.29) is 0 Å². The molecule has 5 aromatic carbocycles. The highest BCUT2D eigenvalue weighted by molar-refractivity contribution is 6.04. The summed E-state index contributed by atoms with van der Waals surface area (Å²) in [5.74, 6) is 0. The van der Waals surface area contributed by atoms with Crippen LogP contribution in [0.3, 0.4) is 0 Å². The van der Waals surface area contributed by atoms with Gasteiger partial charge in [-0.15, -0.1) is 0 Å². The molecule has 0 amide bonds. The maximum atomic E-state index is 5.70. The predicted molar refractivity (Wildman–Crippen MR) is 194 cm³/mol. The molecule has 0 aliphatic carbocycles. The Balaban J connectivity index is 1.32. The van der Waals surface area contributed by atoms with E-state index < -0.39 is 0 Å². The third kappa shape index (κ3) is 9.97. The Kier molecular flexibility index (Phi) is 13.2. The number of fused-ring (bicyclic) bond motifs is 2. The minimum absolute atomic E-state index is 0.641. The van der Waals surface area contributed by atoms with Crippen LogP contribution in [0.5, 0.6) is 0 Å². The molecule has 238 valence electrons. The number of benzene rings is 5. The summed E-state index contributed by atoms with van der Waals surface area (Å²) in [5, 5.41) is 4.99. The van der Waals surface area contributed by atoms with Gasteiger partial charge in [-0.3, -0.25) is 0 Å². The zero-order chi connectivity index (χ0) is 31.8. The van der Waals surface area contributed by atoms with E-state index in [1.165, 1.54) is 54.9 Å². The topological polar surface area (TPSA) is 36.9 Å². The maximum absolute atomic E-state index is 5.70. The van der Waals surface area contributed by atoms with E-state index in [1.54, 1.807) is 0 Å². The average Bonchev–Trinajstić information content (AvgIpc) is 3.09. The zero-order valence-electron chi connectivity index (χ0n) is 27.3. The summed E-state index contributed by atoms with van der Waals surface area (Å²) in [4.78, 5) is 0. The highest BCUT2D eigenvalue weighted by atomic mass is 16.5. The molecule has 5 aromatic rings. The molecule has 0 radical (unpaired) electrons. The molecule has 0 unspecified atom stereocenters. The first kappa shape index (κ1) is 33.3. The summed E-state index contributed by atoms with van der Waals surface area (Å²) >= 11 is 0. The second kappa shape index (κ2) is 18.2. The molecule has 0 bridgehead atoms. The highest BCUT2D eigenvalue weighted by Crippen LogP contribution is 2.30. The van der Waals surface area contributed by atoms with Crippen molar-refractivity contribution in [1.29, 1.82) is 0 Å². The molecule has 0 saturated heterocycles. The normalized spacial score (nSPS) is 11.9. The molecule has 46 heavy (non-hydrogen) atoms. The Bertz CT molecular complexity index is 1700. The molecule has 0 aliphatic heterocycles. The van der Waals surface area contributed by atoms with Crippen LogP contribution in [0.4, 0.5) is 0 Å². The van der Waals surface area contributed by atoms with E-state index in [2.05, 4.69) is 121 Å². The van der Waals surface area contributed by atoms with Gasteiger partial charge in [0.25, 0.3) is 0 Å². The fourth-order valence-corrected chi connectivity index (χ4v) is 5.45. The van der Waals surface area contributed by atoms with Crippen molar-refractivity contribution in [3.63, 3.8) is 0 Å². The van der Waals surface area contributed by atoms with Crippen LogP contribution in [0, 0.1) is 0 Å². The maximum Gasteiger partial charge on any atom is 0.0700 e. The molecule has 0 saturated carbocycles. The van der Waals surface area contributed by atoms with Crippen molar-refractivity contribution in [2.24, 2.45) is 0 Å². The van der Waals surface area contributed by atoms with Gasteiger partial charge >= 0.3 is 0 Å². The third-order valence-corrected chi connectivity index (χ3v) is 8.04. The van der Waals surface area contributed by atoms with Gasteiger partial charge in [-0.25, -0.2) is 0 Å². The van der Waals surface area contributed by atoms with Gasteiger partial charge in [-0.1, -0.05) is 109 Å². The molecule has 0 fully saturated rings. The lowest BCUT2D eigenvalue weighted by molar-refractivity contribution is 0.0541. The van der Waals surface area contributed by atoms with Gasteiger partial charge in [0, 0.05) is 13.2 Å². The van der Waals surface area contributed by atoms with E-state index in [9.17, 15) is 0 Å². The Hall–Kier alpha value is -4.06. The molecule has 0 atom stereocenters. The molecule has 0 heterocycles. The lowest BCUT2D eigenvalue weighted by Gasteiger charge is -2.10. The summed E-state index contributed by atoms with van der Waals surface area (Å²) in [5.41, 5.74) is 7.29. The predicted octanol–water partition coefficient (Wildman–Crippen LogP) is 9.53. The highest BCUT2D eigenvalue weighted by Gasteiger charge is 2.06. The molecule has 5 rings (SSSR count). The van der Waals surface area contributed by atoms with Crippen LogP contribution in [-0.4, -0.2) is 52.9 Å². The second-order valence-electron chi connectivity index (χ2n) is 11.3. The van der Waals surface area contributed by atoms with Gasteiger partial charge in [-0.2, -0.15) is 0 Å². The summed E-state index contributed by atoms with van der Waals surface area (Å²) in [7, 11) is 0. The van der Waals surface area contributed by atoms with Gasteiger partial charge in [0.05, 0.1) is 39.6 Å². The van der Waals surface area contributed by atoms with Crippen LogP contribution in [0.1, 0.15) is 47.2 Å². The molecule has 0 aromatic heterocycles. The van der Waals surface area contributed by atoms with Crippen molar-refractivity contribution < 1.29 is 18.9 Å². The average molecular weight is 615 g/mol. The minimum atomic E-state index is 0.641. The summed E-state index contributed by atoms with van der Waals surface area (Å²) < 4.78 is 22.1. The molecule has 4 nitrogen and oxygen atoms in total. The quantitative estimate of drug-likeness (QED) is 0.0560. The van der Waals surface area contributed by atoms with E-state index in [0.717, 1.165) is 26.1 Å². The van der Waals surface area contributed by atoms with E-state index in [0.29, 0.717) is 39.6 Å². The van der Waals surface area contributed by atoms with Gasteiger partial charge in [0.15, 0.2) is 0 Å². The number of hydrogen-bond acceptors (Lipinski definition) is 4. The molecule has 0 aliphatic rings. The Labute approximate surface area is 274 Å². The van der Waals surface area contributed by atoms with Crippen LogP contribution in [0.25, 0.3) is 45.8 Å². The van der Waals surface area contributed by atoms with Gasteiger partial charge < -0.3 is 18.9 Å². The van der Waals surface area contributed by atoms with Crippen molar-refractivity contribution in [3.8, 4) is 0 Å². The molecular formula is C42H46O4. The molecule has 0 spiro atoms. The Morgan fingerprint density at radius 2 is 0.978 bits per heavy atom. The lowest BCUT2D eigenvalue weighted by Crippen LogP contribution is -2.06. The first-order chi connectivity index (χ1) is 22.7. The second-order valence-corrected chi connectivity index (χ2v) is 11.3. The smallest absolute Gasteiger partial charge is 0.0700 e. The standard InChI is InChI=1S/C42H46O4/c1-3-43-27-29-45-25-23-35-13-9-33(10-14-35)17-19-37-20-21-40-31-38-7-5-6-8-39(38)32-42(40)41(37)22-18-34-11-15-36(16-12-34)24-26-46-30-28-44-4-2/h5-22,31-32H,3-4,23-30H2,1-2H3. The van der Waals surface area contributed by atoms with E-state index >= 15 is 0 Å². The van der Waals surface area contributed by atoms with Crippen molar-refractivity contribution in [1.82, 2.24) is 0 Å². The van der Waals surface area contributed by atoms with Crippen molar-refractivity contribution in [2.45, 2.75) is 26.7 Å². The Morgan fingerprint density at radius 1 is 0.457 bits per heavy atom.